The second-order valence-corrected chi connectivity index (χ2v) is 7.09. The fourth-order valence-electron chi connectivity index (χ4n) is 2.70. The van der Waals surface area contributed by atoms with Crippen LogP contribution in [0.1, 0.15) is 30.1 Å². The molecule has 1 aromatic carbocycles. The van der Waals surface area contributed by atoms with Crippen molar-refractivity contribution in [1.29, 1.82) is 0 Å². The van der Waals surface area contributed by atoms with Crippen molar-refractivity contribution < 1.29 is 9.90 Å². The zero-order valence-corrected chi connectivity index (χ0v) is 13.4. The van der Waals surface area contributed by atoms with E-state index in [2.05, 4.69) is 6.92 Å². The van der Waals surface area contributed by atoms with Crippen molar-refractivity contribution in [3.05, 3.63) is 34.2 Å². The molecule has 0 saturated heterocycles. The fraction of sp³-hybridized carbons (Fsp3) is 0.500. The van der Waals surface area contributed by atoms with E-state index in [9.17, 15) is 14.7 Å². The molecule has 0 bridgehead atoms. The van der Waals surface area contributed by atoms with Crippen LogP contribution in [0.3, 0.4) is 0 Å². The molecule has 0 radical (unpaired) electrons. The Morgan fingerprint density at radius 1 is 1.32 bits per heavy atom. The Balaban J connectivity index is 2.07. The fourth-order valence-corrected chi connectivity index (χ4v) is 3.30. The monoisotopic (exact) mass is 320 g/mol. The van der Waals surface area contributed by atoms with Crippen molar-refractivity contribution in [2.75, 3.05) is 11.5 Å². The van der Waals surface area contributed by atoms with Crippen LogP contribution in [0.2, 0.25) is 0 Å². The minimum atomic E-state index is -0.959. The van der Waals surface area contributed by atoms with E-state index in [0.717, 1.165) is 29.1 Å². The molecule has 0 atom stereocenters. The third-order valence-electron chi connectivity index (χ3n) is 4.07. The molecular formula is C16H20N2O3S. The SMILES string of the molecule is CCSCCn1c(=O)n(CC2CC2)c2ccc(C(=O)O)cc21. The molecule has 0 amide bonds. The average molecular weight is 320 g/mol. The van der Waals surface area contributed by atoms with Crippen LogP contribution in [0, 0.1) is 5.92 Å². The van der Waals surface area contributed by atoms with E-state index in [4.69, 9.17) is 0 Å². The van der Waals surface area contributed by atoms with Crippen molar-refractivity contribution >= 4 is 28.8 Å². The van der Waals surface area contributed by atoms with Gasteiger partial charge in [0.05, 0.1) is 16.6 Å². The van der Waals surface area contributed by atoms with Gasteiger partial charge in [-0.05, 0) is 42.7 Å². The highest BCUT2D eigenvalue weighted by Crippen LogP contribution is 2.31. The molecule has 22 heavy (non-hydrogen) atoms. The van der Waals surface area contributed by atoms with Crippen molar-refractivity contribution in [1.82, 2.24) is 9.13 Å². The Morgan fingerprint density at radius 2 is 2.09 bits per heavy atom. The number of nitrogens with zero attached hydrogens (tertiary/aromatic N) is 2. The van der Waals surface area contributed by atoms with Crippen molar-refractivity contribution in [2.45, 2.75) is 32.9 Å². The number of rotatable bonds is 7. The van der Waals surface area contributed by atoms with E-state index >= 15 is 0 Å². The molecule has 1 aromatic heterocycles. The summed E-state index contributed by atoms with van der Waals surface area (Å²) in [7, 11) is 0. The number of fused-ring (bicyclic) bond motifs is 1. The summed E-state index contributed by atoms with van der Waals surface area (Å²) in [5, 5.41) is 9.18. The Kier molecular flexibility index (Phi) is 4.29. The molecule has 0 spiro atoms. The molecule has 118 valence electrons. The van der Waals surface area contributed by atoms with E-state index < -0.39 is 5.97 Å². The average Bonchev–Trinajstić information content (AvgIpc) is 3.28. The predicted molar refractivity (Wildman–Crippen MR) is 88.9 cm³/mol. The lowest BCUT2D eigenvalue weighted by Crippen LogP contribution is -2.25. The topological polar surface area (TPSA) is 64.2 Å². The van der Waals surface area contributed by atoms with E-state index in [0.29, 0.717) is 12.5 Å². The van der Waals surface area contributed by atoms with Gasteiger partial charge in [-0.25, -0.2) is 9.59 Å². The number of carboxylic acids is 1. The first-order chi connectivity index (χ1) is 10.6. The Bertz CT molecular complexity index is 759. The highest BCUT2D eigenvalue weighted by atomic mass is 32.2. The summed E-state index contributed by atoms with van der Waals surface area (Å²) in [6.07, 6.45) is 2.36. The quantitative estimate of drug-likeness (QED) is 0.797. The van der Waals surface area contributed by atoms with Gasteiger partial charge in [0.1, 0.15) is 0 Å². The van der Waals surface area contributed by atoms with Gasteiger partial charge >= 0.3 is 11.7 Å². The van der Waals surface area contributed by atoms with Crippen LogP contribution in [0.4, 0.5) is 0 Å². The summed E-state index contributed by atoms with van der Waals surface area (Å²) >= 11 is 1.78. The van der Waals surface area contributed by atoms with Gasteiger partial charge in [-0.1, -0.05) is 6.92 Å². The summed E-state index contributed by atoms with van der Waals surface area (Å²) in [6.45, 7) is 3.45. The Labute approximate surface area is 132 Å². The maximum atomic E-state index is 12.7. The lowest BCUT2D eigenvalue weighted by Gasteiger charge is -2.03. The van der Waals surface area contributed by atoms with Crippen LogP contribution in [0.25, 0.3) is 11.0 Å². The van der Waals surface area contributed by atoms with Gasteiger partial charge in [-0.3, -0.25) is 9.13 Å². The minimum absolute atomic E-state index is 0.0128. The number of aromatic nitrogens is 2. The van der Waals surface area contributed by atoms with Crippen molar-refractivity contribution in [3.63, 3.8) is 0 Å². The number of carboxylic acid groups (broad SMARTS) is 1. The number of aryl methyl sites for hydroxylation is 1. The maximum absolute atomic E-state index is 12.7. The van der Waals surface area contributed by atoms with Gasteiger partial charge in [0.15, 0.2) is 0 Å². The normalized spacial score (nSPS) is 14.6. The lowest BCUT2D eigenvalue weighted by atomic mass is 10.2. The van der Waals surface area contributed by atoms with Gasteiger partial charge in [-0.15, -0.1) is 0 Å². The molecule has 0 aliphatic heterocycles. The molecular weight excluding hydrogens is 300 g/mol. The number of hydrogen-bond acceptors (Lipinski definition) is 3. The van der Waals surface area contributed by atoms with Gasteiger partial charge in [0, 0.05) is 18.8 Å². The molecule has 1 heterocycles. The lowest BCUT2D eigenvalue weighted by molar-refractivity contribution is 0.0697. The van der Waals surface area contributed by atoms with Crippen LogP contribution < -0.4 is 5.69 Å². The van der Waals surface area contributed by atoms with Crippen LogP contribution in [0.15, 0.2) is 23.0 Å². The number of thioether (sulfide) groups is 1. The van der Waals surface area contributed by atoms with Crippen LogP contribution in [-0.2, 0) is 13.1 Å². The number of carbonyl (C=O) groups is 1. The molecule has 0 unspecified atom stereocenters. The molecule has 1 saturated carbocycles. The molecule has 6 heteroatoms. The molecule has 1 aliphatic carbocycles. The molecule has 3 rings (SSSR count). The number of aromatic carboxylic acids is 1. The third kappa shape index (κ3) is 2.92. The molecule has 1 aliphatic rings. The molecule has 1 N–H and O–H groups in total. The number of imidazole rings is 1. The largest absolute Gasteiger partial charge is 0.478 e. The van der Waals surface area contributed by atoms with Crippen LogP contribution >= 0.6 is 11.8 Å². The van der Waals surface area contributed by atoms with E-state index in [1.54, 1.807) is 34.5 Å². The van der Waals surface area contributed by atoms with Gasteiger partial charge in [-0.2, -0.15) is 11.8 Å². The third-order valence-corrected chi connectivity index (χ3v) is 4.95. The summed E-state index contributed by atoms with van der Waals surface area (Å²) in [4.78, 5) is 23.9. The summed E-state index contributed by atoms with van der Waals surface area (Å²) in [6, 6.07) is 4.98. The zero-order valence-electron chi connectivity index (χ0n) is 12.6. The Morgan fingerprint density at radius 3 is 2.73 bits per heavy atom. The van der Waals surface area contributed by atoms with E-state index in [1.165, 1.54) is 12.8 Å². The molecule has 1 fully saturated rings. The van der Waals surface area contributed by atoms with Gasteiger partial charge < -0.3 is 5.11 Å². The van der Waals surface area contributed by atoms with Gasteiger partial charge in [0.2, 0.25) is 0 Å². The summed E-state index contributed by atoms with van der Waals surface area (Å²) in [5.41, 5.74) is 1.81. The number of hydrogen-bond donors (Lipinski definition) is 1. The maximum Gasteiger partial charge on any atom is 0.335 e. The first-order valence-electron chi connectivity index (χ1n) is 7.66. The van der Waals surface area contributed by atoms with Crippen LogP contribution in [-0.4, -0.2) is 31.7 Å². The smallest absolute Gasteiger partial charge is 0.335 e. The summed E-state index contributed by atoms with van der Waals surface area (Å²) in [5.74, 6) is 1.51. The van der Waals surface area contributed by atoms with Crippen LogP contribution in [0.5, 0.6) is 0 Å². The van der Waals surface area contributed by atoms with Gasteiger partial charge in [0.25, 0.3) is 0 Å². The Hall–Kier alpha value is -1.69. The van der Waals surface area contributed by atoms with E-state index in [-0.39, 0.29) is 11.3 Å². The number of benzene rings is 1. The highest BCUT2D eigenvalue weighted by molar-refractivity contribution is 7.99. The van der Waals surface area contributed by atoms with Crippen molar-refractivity contribution in [3.8, 4) is 0 Å². The summed E-state index contributed by atoms with van der Waals surface area (Å²) < 4.78 is 3.54. The first-order valence-corrected chi connectivity index (χ1v) is 8.81. The predicted octanol–water partition coefficient (Wildman–Crippen LogP) is 2.66. The van der Waals surface area contributed by atoms with E-state index in [1.807, 2.05) is 4.57 Å². The minimum Gasteiger partial charge on any atom is -0.478 e. The first kappa shape index (κ1) is 15.2. The standard InChI is InChI=1S/C16H20N2O3S/c1-2-22-8-7-17-14-9-12(15(19)20)5-6-13(14)18(16(17)21)10-11-3-4-11/h5-6,9,11H,2-4,7-8,10H2,1H3,(H,19,20). The molecule has 5 nitrogen and oxygen atoms in total. The highest BCUT2D eigenvalue weighted by Gasteiger charge is 2.25. The second-order valence-electron chi connectivity index (χ2n) is 5.69. The second kappa shape index (κ2) is 6.20. The zero-order chi connectivity index (χ0) is 15.7. The van der Waals surface area contributed by atoms with Crippen molar-refractivity contribution in [2.24, 2.45) is 5.92 Å². The molecule has 2 aromatic rings.